The number of thioether (sulfide) groups is 1. The molecule has 0 aliphatic heterocycles. The van der Waals surface area contributed by atoms with E-state index in [-0.39, 0.29) is 0 Å². The van der Waals surface area contributed by atoms with Crippen LogP contribution in [-0.2, 0) is 0 Å². The van der Waals surface area contributed by atoms with E-state index in [0.717, 1.165) is 12.3 Å². The summed E-state index contributed by atoms with van der Waals surface area (Å²) in [7, 11) is 0. The predicted octanol–water partition coefficient (Wildman–Crippen LogP) is 4.96. The van der Waals surface area contributed by atoms with Gasteiger partial charge in [-0.3, -0.25) is 0 Å². The van der Waals surface area contributed by atoms with E-state index < -0.39 is 0 Å². The molecule has 2 heteroatoms. The minimum absolute atomic E-state index is 0.556. The number of allylic oxidation sites excluding steroid dienone is 1. The molecule has 1 N–H and O–H groups in total. The highest BCUT2D eigenvalue weighted by atomic mass is 32.2. The largest absolute Gasteiger partial charge is 0.310 e. The predicted molar refractivity (Wildman–Crippen MR) is 90.5 cm³/mol. The molecule has 0 heterocycles. The van der Waals surface area contributed by atoms with Gasteiger partial charge in [0.25, 0.3) is 0 Å². The zero-order valence-corrected chi connectivity index (χ0v) is 13.6. The quantitative estimate of drug-likeness (QED) is 0.562. The second kappa shape index (κ2) is 8.53. The molecule has 1 atom stereocenters. The van der Waals surface area contributed by atoms with Gasteiger partial charge in [0.2, 0.25) is 0 Å². The lowest BCUT2D eigenvalue weighted by Crippen LogP contribution is -2.34. The Balaban J connectivity index is 1.94. The number of benzene rings is 1. The van der Waals surface area contributed by atoms with Crippen molar-refractivity contribution in [3.05, 3.63) is 41.5 Å². The van der Waals surface area contributed by atoms with Crippen LogP contribution in [-0.4, -0.2) is 18.3 Å². The highest BCUT2D eigenvalue weighted by Gasteiger charge is 2.15. The zero-order chi connectivity index (χ0) is 14.2. The van der Waals surface area contributed by atoms with Crippen LogP contribution in [0.4, 0.5) is 0 Å². The molecule has 0 aromatic heterocycles. The molecule has 2 rings (SSSR count). The molecule has 20 heavy (non-hydrogen) atoms. The molecule has 0 saturated heterocycles. The molecular weight excluding hydrogens is 262 g/mol. The molecular formula is C18H27NS. The van der Waals surface area contributed by atoms with Crippen molar-refractivity contribution in [2.75, 3.05) is 12.3 Å². The first kappa shape index (κ1) is 15.7. The van der Waals surface area contributed by atoms with E-state index in [1.165, 1.54) is 42.6 Å². The van der Waals surface area contributed by atoms with Gasteiger partial charge < -0.3 is 5.32 Å². The maximum atomic E-state index is 3.73. The summed E-state index contributed by atoms with van der Waals surface area (Å²) in [5.41, 5.74) is 3.00. The molecule has 1 aromatic carbocycles. The SMILES string of the molecule is CCCNC(CSc1cccc(C)c1)C1=CCCCC1. The van der Waals surface area contributed by atoms with Crippen LogP contribution in [0.2, 0.25) is 0 Å². The Morgan fingerprint density at radius 1 is 1.30 bits per heavy atom. The van der Waals surface area contributed by atoms with Gasteiger partial charge in [-0.2, -0.15) is 0 Å². The van der Waals surface area contributed by atoms with Gasteiger partial charge in [-0.1, -0.05) is 36.3 Å². The minimum Gasteiger partial charge on any atom is -0.310 e. The van der Waals surface area contributed by atoms with Crippen molar-refractivity contribution in [2.24, 2.45) is 0 Å². The summed E-state index contributed by atoms with van der Waals surface area (Å²) in [6.45, 7) is 5.53. The zero-order valence-electron chi connectivity index (χ0n) is 12.8. The fourth-order valence-electron chi connectivity index (χ4n) is 2.68. The Kier molecular flexibility index (Phi) is 6.68. The first-order valence-corrected chi connectivity index (χ1v) is 8.90. The van der Waals surface area contributed by atoms with Crippen molar-refractivity contribution in [1.82, 2.24) is 5.32 Å². The topological polar surface area (TPSA) is 12.0 Å². The van der Waals surface area contributed by atoms with Crippen LogP contribution >= 0.6 is 11.8 Å². The number of rotatable bonds is 7. The normalized spacial score (nSPS) is 16.8. The Labute approximate surface area is 128 Å². The van der Waals surface area contributed by atoms with Gasteiger partial charge in [0.15, 0.2) is 0 Å². The van der Waals surface area contributed by atoms with Gasteiger partial charge >= 0.3 is 0 Å². The molecule has 0 spiro atoms. The van der Waals surface area contributed by atoms with Crippen molar-refractivity contribution in [3.63, 3.8) is 0 Å². The van der Waals surface area contributed by atoms with Gasteiger partial charge in [-0.25, -0.2) is 0 Å². The number of nitrogens with one attached hydrogen (secondary N) is 1. The van der Waals surface area contributed by atoms with Crippen LogP contribution in [0.25, 0.3) is 0 Å². The maximum absolute atomic E-state index is 3.73. The molecule has 0 saturated carbocycles. The molecule has 1 aliphatic carbocycles. The minimum atomic E-state index is 0.556. The molecule has 0 fully saturated rings. The van der Waals surface area contributed by atoms with Gasteiger partial charge in [-0.15, -0.1) is 11.8 Å². The Bertz CT molecular complexity index is 439. The molecule has 1 aromatic rings. The highest BCUT2D eigenvalue weighted by molar-refractivity contribution is 7.99. The van der Waals surface area contributed by atoms with Crippen LogP contribution in [0.3, 0.4) is 0 Å². The first-order chi connectivity index (χ1) is 9.79. The summed E-state index contributed by atoms with van der Waals surface area (Å²) in [4.78, 5) is 1.39. The van der Waals surface area contributed by atoms with E-state index >= 15 is 0 Å². The van der Waals surface area contributed by atoms with Crippen molar-refractivity contribution >= 4 is 11.8 Å². The summed E-state index contributed by atoms with van der Waals surface area (Å²) in [6.07, 6.45) is 8.98. The average molecular weight is 289 g/mol. The van der Waals surface area contributed by atoms with Crippen molar-refractivity contribution in [3.8, 4) is 0 Å². The second-order valence-electron chi connectivity index (χ2n) is 5.66. The lowest BCUT2D eigenvalue weighted by atomic mass is 9.94. The van der Waals surface area contributed by atoms with E-state index in [2.05, 4.69) is 49.5 Å². The van der Waals surface area contributed by atoms with Gasteiger partial charge in [0.05, 0.1) is 0 Å². The Morgan fingerprint density at radius 2 is 2.20 bits per heavy atom. The fraction of sp³-hybridized carbons (Fsp3) is 0.556. The molecule has 1 unspecified atom stereocenters. The molecule has 0 amide bonds. The molecule has 110 valence electrons. The summed E-state index contributed by atoms with van der Waals surface area (Å²) in [5.74, 6) is 1.15. The van der Waals surface area contributed by atoms with E-state index in [9.17, 15) is 0 Å². The van der Waals surface area contributed by atoms with E-state index in [0.29, 0.717) is 6.04 Å². The Morgan fingerprint density at radius 3 is 2.90 bits per heavy atom. The third-order valence-corrected chi connectivity index (χ3v) is 4.91. The second-order valence-corrected chi connectivity index (χ2v) is 6.75. The number of aryl methyl sites for hydroxylation is 1. The molecule has 0 bridgehead atoms. The van der Waals surface area contributed by atoms with Crippen LogP contribution in [0, 0.1) is 6.92 Å². The summed E-state index contributed by atoms with van der Waals surface area (Å²) >= 11 is 1.98. The van der Waals surface area contributed by atoms with Gasteiger partial charge in [0, 0.05) is 16.7 Å². The van der Waals surface area contributed by atoms with Crippen LogP contribution < -0.4 is 5.32 Å². The van der Waals surface area contributed by atoms with Crippen LogP contribution in [0.1, 0.15) is 44.6 Å². The monoisotopic (exact) mass is 289 g/mol. The number of hydrogen-bond donors (Lipinski definition) is 1. The van der Waals surface area contributed by atoms with Gasteiger partial charge in [-0.05, 0) is 57.7 Å². The lowest BCUT2D eigenvalue weighted by Gasteiger charge is -2.24. The fourth-order valence-corrected chi connectivity index (χ4v) is 3.81. The molecule has 1 nitrogen and oxygen atoms in total. The lowest BCUT2D eigenvalue weighted by molar-refractivity contribution is 0.562. The summed E-state index contributed by atoms with van der Waals surface area (Å²) in [5, 5.41) is 3.73. The summed E-state index contributed by atoms with van der Waals surface area (Å²) < 4.78 is 0. The van der Waals surface area contributed by atoms with Crippen molar-refractivity contribution in [1.29, 1.82) is 0 Å². The maximum Gasteiger partial charge on any atom is 0.0374 e. The number of hydrogen-bond acceptors (Lipinski definition) is 2. The first-order valence-electron chi connectivity index (χ1n) is 7.91. The smallest absolute Gasteiger partial charge is 0.0374 e. The highest BCUT2D eigenvalue weighted by Crippen LogP contribution is 2.26. The van der Waals surface area contributed by atoms with E-state index in [1.54, 1.807) is 5.57 Å². The molecule has 0 radical (unpaired) electrons. The standard InChI is InChI=1S/C18H27NS/c1-3-12-19-18(16-9-5-4-6-10-16)14-20-17-11-7-8-15(2)13-17/h7-9,11,13,18-19H,3-6,10,12,14H2,1-2H3. The van der Waals surface area contributed by atoms with Crippen molar-refractivity contribution < 1.29 is 0 Å². The third kappa shape index (κ3) is 4.99. The van der Waals surface area contributed by atoms with E-state index in [4.69, 9.17) is 0 Å². The van der Waals surface area contributed by atoms with Gasteiger partial charge in [0.1, 0.15) is 0 Å². The van der Waals surface area contributed by atoms with Crippen LogP contribution in [0.15, 0.2) is 40.8 Å². The van der Waals surface area contributed by atoms with Crippen LogP contribution in [0.5, 0.6) is 0 Å². The Hall–Kier alpha value is -0.730. The van der Waals surface area contributed by atoms with E-state index in [1.807, 2.05) is 11.8 Å². The summed E-state index contributed by atoms with van der Waals surface area (Å²) in [6, 6.07) is 9.40. The van der Waals surface area contributed by atoms with Crippen molar-refractivity contribution in [2.45, 2.75) is 56.9 Å². The molecule has 1 aliphatic rings. The average Bonchev–Trinajstić information content (AvgIpc) is 2.48. The third-order valence-electron chi connectivity index (χ3n) is 3.82.